The van der Waals surface area contributed by atoms with Gasteiger partial charge >= 0.3 is 0 Å². The normalized spacial score (nSPS) is 16.9. The molecule has 19 heavy (non-hydrogen) atoms. The van der Waals surface area contributed by atoms with E-state index in [1.807, 2.05) is 13.1 Å². The zero-order valence-corrected chi connectivity index (χ0v) is 12.5. The van der Waals surface area contributed by atoms with Gasteiger partial charge < -0.3 is 15.0 Å². The van der Waals surface area contributed by atoms with Crippen LogP contribution in [0.1, 0.15) is 25.3 Å². The van der Waals surface area contributed by atoms with Gasteiger partial charge in [0.2, 0.25) is 0 Å². The third-order valence-electron chi connectivity index (χ3n) is 3.60. The number of hydrogen-bond acceptors (Lipinski definition) is 3. The molecule has 0 amide bonds. The van der Waals surface area contributed by atoms with Gasteiger partial charge in [-0.15, -0.1) is 0 Å². The molecule has 1 aromatic rings. The van der Waals surface area contributed by atoms with Gasteiger partial charge in [-0.3, -0.25) is 0 Å². The average molecular weight is 283 g/mol. The Bertz CT molecular complexity index is 403. The van der Waals surface area contributed by atoms with E-state index in [9.17, 15) is 0 Å². The van der Waals surface area contributed by atoms with Crippen molar-refractivity contribution in [2.24, 2.45) is 0 Å². The summed E-state index contributed by atoms with van der Waals surface area (Å²) in [5.74, 6) is 0. The number of piperidine rings is 1. The Balaban J connectivity index is 2.07. The summed E-state index contributed by atoms with van der Waals surface area (Å²) in [7, 11) is 1.97. The van der Waals surface area contributed by atoms with Gasteiger partial charge in [0.15, 0.2) is 0 Å². The van der Waals surface area contributed by atoms with Crippen molar-refractivity contribution in [3.63, 3.8) is 0 Å². The molecule has 0 unspecified atom stereocenters. The first-order chi connectivity index (χ1) is 9.24. The van der Waals surface area contributed by atoms with Gasteiger partial charge in [-0.1, -0.05) is 17.7 Å². The van der Waals surface area contributed by atoms with Crippen LogP contribution in [0.3, 0.4) is 0 Å². The molecule has 1 saturated heterocycles. The van der Waals surface area contributed by atoms with Gasteiger partial charge in [-0.25, -0.2) is 0 Å². The zero-order chi connectivity index (χ0) is 13.7. The lowest BCUT2D eigenvalue weighted by molar-refractivity contribution is 0.0459. The summed E-state index contributed by atoms with van der Waals surface area (Å²) in [6, 6.07) is 6.16. The van der Waals surface area contributed by atoms with Crippen molar-refractivity contribution in [2.45, 2.75) is 32.4 Å². The van der Waals surface area contributed by atoms with E-state index >= 15 is 0 Å². The number of ether oxygens (including phenoxy) is 1. The second-order valence-corrected chi connectivity index (χ2v) is 5.38. The lowest BCUT2D eigenvalue weighted by atomic mass is 10.0. The van der Waals surface area contributed by atoms with Crippen LogP contribution < -0.4 is 10.2 Å². The second-order valence-electron chi connectivity index (χ2n) is 4.95. The van der Waals surface area contributed by atoms with Gasteiger partial charge in [0.25, 0.3) is 0 Å². The van der Waals surface area contributed by atoms with Crippen LogP contribution in [0.15, 0.2) is 18.2 Å². The number of hydrogen-bond donors (Lipinski definition) is 1. The quantitative estimate of drug-likeness (QED) is 0.898. The SMILES string of the molecule is CCOC1CCN(c2cc(Cl)ccc2CNC)CC1. The van der Waals surface area contributed by atoms with Crippen molar-refractivity contribution in [1.82, 2.24) is 5.32 Å². The highest BCUT2D eigenvalue weighted by Crippen LogP contribution is 2.28. The Morgan fingerprint density at radius 2 is 2.11 bits per heavy atom. The predicted molar refractivity (Wildman–Crippen MR) is 81.1 cm³/mol. The van der Waals surface area contributed by atoms with E-state index in [0.29, 0.717) is 6.10 Å². The summed E-state index contributed by atoms with van der Waals surface area (Å²) in [4.78, 5) is 2.42. The molecule has 3 nitrogen and oxygen atoms in total. The molecule has 2 rings (SSSR count). The first-order valence-corrected chi connectivity index (χ1v) is 7.42. The predicted octanol–water partition coefficient (Wildman–Crippen LogP) is 3.06. The van der Waals surface area contributed by atoms with Gasteiger partial charge in [0, 0.05) is 37.0 Å². The molecule has 0 saturated carbocycles. The van der Waals surface area contributed by atoms with Gasteiger partial charge in [-0.2, -0.15) is 0 Å². The maximum Gasteiger partial charge on any atom is 0.0608 e. The number of nitrogens with zero attached hydrogens (tertiary/aromatic N) is 1. The first-order valence-electron chi connectivity index (χ1n) is 7.04. The number of halogens is 1. The summed E-state index contributed by atoms with van der Waals surface area (Å²) in [6.07, 6.45) is 2.62. The second kappa shape index (κ2) is 7.13. The van der Waals surface area contributed by atoms with Gasteiger partial charge in [-0.05, 0) is 44.5 Å². The molecule has 0 bridgehead atoms. The Hall–Kier alpha value is -0.770. The minimum absolute atomic E-state index is 0.424. The lowest BCUT2D eigenvalue weighted by Crippen LogP contribution is -2.37. The molecular weight excluding hydrogens is 260 g/mol. The zero-order valence-electron chi connectivity index (χ0n) is 11.8. The molecule has 0 radical (unpaired) electrons. The highest BCUT2D eigenvalue weighted by atomic mass is 35.5. The molecule has 0 spiro atoms. The standard InChI is InChI=1S/C15H23ClN2O/c1-3-19-14-6-8-18(9-7-14)15-10-13(16)5-4-12(15)11-17-2/h4-5,10,14,17H,3,6-9,11H2,1-2H3. The molecule has 0 aliphatic carbocycles. The maximum absolute atomic E-state index is 6.14. The number of nitrogens with one attached hydrogen (secondary N) is 1. The number of anilines is 1. The fourth-order valence-electron chi connectivity index (χ4n) is 2.67. The molecule has 1 aliphatic heterocycles. The lowest BCUT2D eigenvalue weighted by Gasteiger charge is -2.34. The van der Waals surface area contributed by atoms with Gasteiger partial charge in [0.05, 0.1) is 6.10 Å². The maximum atomic E-state index is 6.14. The molecule has 1 N–H and O–H groups in total. The van der Waals surface area contributed by atoms with Crippen LogP contribution in [0, 0.1) is 0 Å². The van der Waals surface area contributed by atoms with Crippen molar-refractivity contribution >= 4 is 17.3 Å². The van der Waals surface area contributed by atoms with Crippen molar-refractivity contribution in [3.8, 4) is 0 Å². The molecule has 1 aliphatic rings. The summed E-state index contributed by atoms with van der Waals surface area (Å²) >= 11 is 6.14. The summed E-state index contributed by atoms with van der Waals surface area (Å²) in [5.41, 5.74) is 2.57. The fraction of sp³-hybridized carbons (Fsp3) is 0.600. The summed E-state index contributed by atoms with van der Waals surface area (Å²) < 4.78 is 5.70. The number of benzene rings is 1. The van der Waals surface area contributed by atoms with Crippen LogP contribution in [0.4, 0.5) is 5.69 Å². The Labute approximate surface area is 120 Å². The minimum Gasteiger partial charge on any atom is -0.378 e. The molecule has 0 aromatic heterocycles. The van der Waals surface area contributed by atoms with Crippen LogP contribution in [0.5, 0.6) is 0 Å². The van der Waals surface area contributed by atoms with Crippen molar-refractivity contribution < 1.29 is 4.74 Å². The van der Waals surface area contributed by atoms with E-state index in [1.165, 1.54) is 11.3 Å². The van der Waals surface area contributed by atoms with Crippen LogP contribution in [0.25, 0.3) is 0 Å². The van der Waals surface area contributed by atoms with E-state index in [-0.39, 0.29) is 0 Å². The third kappa shape index (κ3) is 3.85. The molecule has 0 atom stereocenters. The third-order valence-corrected chi connectivity index (χ3v) is 3.83. The van der Waals surface area contributed by atoms with Crippen molar-refractivity contribution in [1.29, 1.82) is 0 Å². The van der Waals surface area contributed by atoms with E-state index < -0.39 is 0 Å². The highest BCUT2D eigenvalue weighted by molar-refractivity contribution is 6.30. The van der Waals surface area contributed by atoms with Crippen LogP contribution >= 0.6 is 11.6 Å². The number of rotatable bonds is 5. The monoisotopic (exact) mass is 282 g/mol. The van der Waals surface area contributed by atoms with Gasteiger partial charge in [0.1, 0.15) is 0 Å². The molecule has 1 aromatic carbocycles. The highest BCUT2D eigenvalue weighted by Gasteiger charge is 2.21. The average Bonchev–Trinajstić information content (AvgIpc) is 2.42. The molecule has 106 valence electrons. The molecular formula is C15H23ClN2O. The van der Waals surface area contributed by atoms with Crippen LogP contribution in [-0.4, -0.2) is 32.8 Å². The summed E-state index contributed by atoms with van der Waals surface area (Å²) in [5, 5.41) is 4.02. The topological polar surface area (TPSA) is 24.5 Å². The van der Waals surface area contributed by atoms with Crippen LogP contribution in [0.2, 0.25) is 5.02 Å². The van der Waals surface area contributed by atoms with Crippen LogP contribution in [-0.2, 0) is 11.3 Å². The van der Waals surface area contributed by atoms with E-state index in [4.69, 9.17) is 16.3 Å². The Morgan fingerprint density at radius 1 is 1.37 bits per heavy atom. The van der Waals surface area contributed by atoms with Crippen molar-refractivity contribution in [2.75, 3.05) is 31.6 Å². The van der Waals surface area contributed by atoms with E-state index in [2.05, 4.69) is 29.3 Å². The molecule has 1 fully saturated rings. The van der Waals surface area contributed by atoms with E-state index in [1.54, 1.807) is 0 Å². The smallest absolute Gasteiger partial charge is 0.0608 e. The van der Waals surface area contributed by atoms with E-state index in [0.717, 1.165) is 44.1 Å². The molecule has 4 heteroatoms. The van der Waals surface area contributed by atoms with Crippen molar-refractivity contribution in [3.05, 3.63) is 28.8 Å². The fourth-order valence-corrected chi connectivity index (χ4v) is 2.84. The molecule has 1 heterocycles. The first kappa shape index (κ1) is 14.6. The Kier molecular flexibility index (Phi) is 5.49. The minimum atomic E-state index is 0.424. The summed E-state index contributed by atoms with van der Waals surface area (Å²) in [6.45, 7) is 5.84. The largest absolute Gasteiger partial charge is 0.378 e. The Morgan fingerprint density at radius 3 is 2.74 bits per heavy atom.